The third kappa shape index (κ3) is 4.38. The number of benzene rings is 6. The van der Waals surface area contributed by atoms with Crippen LogP contribution in [0.15, 0.2) is 97.1 Å². The number of hydrogen-bond donors (Lipinski definition) is 0. The smallest absolute Gasteiger partial charge is 0.138 e. The van der Waals surface area contributed by atoms with E-state index in [9.17, 15) is 21.0 Å². The first-order valence-corrected chi connectivity index (χ1v) is 22.8. The molecule has 4 heteroatoms. The van der Waals surface area contributed by atoms with Crippen LogP contribution >= 0.6 is 0 Å². The van der Waals surface area contributed by atoms with Crippen LogP contribution in [0.2, 0.25) is 0 Å². The van der Waals surface area contributed by atoms with Gasteiger partial charge in [-0.15, -0.1) is 0 Å². The first-order valence-electron chi connectivity index (χ1n) is 22.8. The zero-order valence-corrected chi connectivity index (χ0v) is 34.3. The fraction of sp³-hybridized carbons (Fsp3) is 0.276. The number of fused-ring (bicyclic) bond motifs is 8. The largest absolute Gasteiger partial charge is 0.192 e. The number of allylic oxidation sites excluding steroid dienone is 8. The van der Waals surface area contributed by atoms with Crippen LogP contribution in [0.3, 0.4) is 0 Å². The van der Waals surface area contributed by atoms with Gasteiger partial charge in [0.05, 0.1) is 0 Å². The van der Waals surface area contributed by atoms with E-state index in [4.69, 9.17) is 0 Å². The van der Waals surface area contributed by atoms with E-state index in [2.05, 4.69) is 121 Å². The second kappa shape index (κ2) is 12.3. The van der Waals surface area contributed by atoms with Crippen LogP contribution < -0.4 is 10.4 Å². The van der Waals surface area contributed by atoms with Crippen molar-refractivity contribution >= 4 is 54.2 Å². The van der Waals surface area contributed by atoms with Crippen molar-refractivity contribution in [1.82, 2.24) is 0 Å². The van der Waals surface area contributed by atoms with E-state index < -0.39 is 0 Å². The third-order valence-electron chi connectivity index (χ3n) is 16.9. The maximum atomic E-state index is 10.8. The predicted molar refractivity (Wildman–Crippen MR) is 245 cm³/mol. The fourth-order valence-corrected chi connectivity index (χ4v) is 14.0. The van der Waals surface area contributed by atoms with Crippen LogP contribution in [-0.4, -0.2) is 0 Å². The molecule has 0 radical (unpaired) electrons. The maximum absolute atomic E-state index is 10.8. The topological polar surface area (TPSA) is 95.2 Å². The van der Waals surface area contributed by atoms with Gasteiger partial charge in [0.15, 0.2) is 0 Å². The summed E-state index contributed by atoms with van der Waals surface area (Å²) in [6, 6.07) is 28.7. The van der Waals surface area contributed by atoms with Crippen LogP contribution in [-0.2, 0) is 0 Å². The minimum atomic E-state index is 0.153. The molecule has 0 fully saturated rings. The molecule has 12 aliphatic rings. The molecule has 0 saturated carbocycles. The molecule has 0 unspecified atom stereocenters. The summed E-state index contributed by atoms with van der Waals surface area (Å²) in [5, 5.41) is 55.2. The first-order chi connectivity index (χ1) is 30.5. The van der Waals surface area contributed by atoms with Crippen molar-refractivity contribution in [1.29, 1.82) is 21.0 Å². The molecule has 0 N–H and O–H groups in total. The quantitative estimate of drug-likeness (QED) is 0.113. The molecule has 292 valence electrons. The lowest BCUT2D eigenvalue weighted by molar-refractivity contribution is 0.554. The third-order valence-corrected chi connectivity index (χ3v) is 16.9. The molecule has 0 saturated heterocycles. The van der Waals surface area contributed by atoms with Gasteiger partial charge in [-0.3, -0.25) is 0 Å². The van der Waals surface area contributed by atoms with Crippen molar-refractivity contribution in [3.63, 3.8) is 0 Å². The summed E-state index contributed by atoms with van der Waals surface area (Å²) in [6.07, 6.45) is 27.9. The fourth-order valence-electron chi connectivity index (χ4n) is 14.0. The summed E-state index contributed by atoms with van der Waals surface area (Å²) >= 11 is 0. The lowest BCUT2D eigenvalue weighted by atomic mass is 9.69. The second-order valence-corrected chi connectivity index (χ2v) is 19.5. The minimum absolute atomic E-state index is 0.153. The van der Waals surface area contributed by atoms with Gasteiger partial charge < -0.3 is 0 Å². The first kappa shape index (κ1) is 34.7. The Bertz CT molecular complexity index is 3270. The van der Waals surface area contributed by atoms with Gasteiger partial charge in [0.2, 0.25) is 0 Å². The molecule has 0 aliphatic heterocycles. The molecule has 12 aliphatic carbocycles. The van der Waals surface area contributed by atoms with Crippen molar-refractivity contribution in [2.24, 2.45) is 0 Å². The van der Waals surface area contributed by atoms with Crippen LogP contribution in [0.5, 0.6) is 0 Å². The highest BCUT2D eigenvalue weighted by atomic mass is 14.4. The molecule has 62 heavy (non-hydrogen) atoms. The molecule has 0 heterocycles. The molecule has 8 atom stereocenters. The summed E-state index contributed by atoms with van der Waals surface area (Å²) in [6.45, 7) is 0. The molecule has 18 rings (SSSR count). The summed E-state index contributed by atoms with van der Waals surface area (Å²) in [5.74, 6) is 2.48. The van der Waals surface area contributed by atoms with Crippen molar-refractivity contribution in [2.45, 2.75) is 98.7 Å². The Balaban J connectivity index is 1.34. The van der Waals surface area contributed by atoms with E-state index in [0.29, 0.717) is 47.3 Å². The lowest BCUT2D eigenvalue weighted by Crippen LogP contribution is -2.21. The molecular formula is C58H40N4. The summed E-state index contributed by atoms with van der Waals surface area (Å²) in [4.78, 5) is 0. The zero-order chi connectivity index (χ0) is 41.1. The van der Waals surface area contributed by atoms with E-state index in [0.717, 1.165) is 115 Å². The van der Waals surface area contributed by atoms with Gasteiger partial charge in [0.1, 0.15) is 35.4 Å². The van der Waals surface area contributed by atoms with Gasteiger partial charge >= 0.3 is 0 Å². The van der Waals surface area contributed by atoms with Gasteiger partial charge in [-0.1, -0.05) is 48.6 Å². The predicted octanol–water partition coefficient (Wildman–Crippen LogP) is 12.1. The normalized spacial score (nSPS) is 27.4. The van der Waals surface area contributed by atoms with Gasteiger partial charge in [-0.05, 0) is 198 Å². The Labute approximate surface area is 359 Å². The van der Waals surface area contributed by atoms with Crippen molar-refractivity contribution < 1.29 is 0 Å². The molecule has 6 aromatic rings. The van der Waals surface area contributed by atoms with E-state index in [1.165, 1.54) is 44.5 Å². The highest BCUT2D eigenvalue weighted by Gasteiger charge is 2.35. The van der Waals surface area contributed by atoms with Crippen LogP contribution in [0.4, 0.5) is 0 Å². The Morgan fingerprint density at radius 3 is 0.629 bits per heavy atom. The Kier molecular flexibility index (Phi) is 6.90. The van der Waals surface area contributed by atoms with Gasteiger partial charge in [-0.25, -0.2) is 0 Å². The number of hydrogen-bond acceptors (Lipinski definition) is 4. The summed E-state index contributed by atoms with van der Waals surface area (Å²) in [5.41, 5.74) is 11.0. The molecule has 0 spiro atoms. The van der Waals surface area contributed by atoms with Gasteiger partial charge in [0, 0.05) is 57.8 Å². The van der Waals surface area contributed by atoms with Crippen molar-refractivity contribution in [3.05, 3.63) is 163 Å². The average molecular weight is 793 g/mol. The van der Waals surface area contributed by atoms with Gasteiger partial charge in [-0.2, -0.15) is 21.0 Å². The van der Waals surface area contributed by atoms with Crippen LogP contribution in [0, 0.1) is 55.8 Å². The van der Waals surface area contributed by atoms with Gasteiger partial charge in [0.25, 0.3) is 0 Å². The highest BCUT2D eigenvalue weighted by Crippen LogP contribution is 2.52. The summed E-state index contributed by atoms with van der Waals surface area (Å²) in [7, 11) is 0. The number of nitriles is 4. The van der Waals surface area contributed by atoms with Crippen molar-refractivity contribution in [3.8, 4) is 24.3 Å². The van der Waals surface area contributed by atoms with Crippen molar-refractivity contribution in [2.75, 3.05) is 0 Å². The molecule has 4 nitrogen and oxygen atoms in total. The Hall–Kier alpha value is -6.98. The summed E-state index contributed by atoms with van der Waals surface area (Å²) < 4.78 is 0. The van der Waals surface area contributed by atoms with E-state index in [1.54, 1.807) is 0 Å². The Morgan fingerprint density at radius 1 is 0.290 bits per heavy atom. The molecule has 0 aromatic heterocycles. The second-order valence-electron chi connectivity index (χ2n) is 19.5. The van der Waals surface area contributed by atoms with E-state index in [-0.39, 0.29) is 11.1 Å². The van der Waals surface area contributed by atoms with Crippen LogP contribution in [0.1, 0.15) is 143 Å². The molecule has 8 bridgehead atoms. The minimum Gasteiger partial charge on any atom is -0.192 e. The monoisotopic (exact) mass is 792 g/mol. The SMILES string of the molecule is N#CC(C#N)=c1c2cc3c(cc2c(=c2c4cc5c(cc4c(=C(C#N)C#N)c4cc6c(cc24)[C@H]2C=C[C@@H]6CC2)[C@H]2C=C[C@@H]5CC2)c2cc4c(cc12)[C@@H]1C=C[C@H]4CC1)[C@@H]1C=C[C@H]3CC1. The number of nitrogens with zero attached hydrogens (tertiary/aromatic N) is 4. The lowest BCUT2D eigenvalue weighted by Gasteiger charge is -2.35. The molecule has 0 amide bonds. The highest BCUT2D eigenvalue weighted by molar-refractivity contribution is 6.09. The molecule has 6 aromatic carbocycles. The zero-order valence-electron chi connectivity index (χ0n) is 34.3. The Morgan fingerprint density at radius 2 is 0.468 bits per heavy atom. The standard InChI is InChI=1S/C58H40N4/c59-25-37(26-60)55-47-17-39-29-1-9-33(10-2-29)43(39)21-51(47)57(52-22-44-34-11-3-30(4-12-34)40(44)18-48(52)55)58-53-23-45-35-13-5-31(6-14-35)41(45)19-49(53)56(38(27-61)28-62)50-20-42-32-7-15-36(16-8-32)46(42)24-54(50)58/h1,3,5,7,9,11,13,15,17-24,29-36H,2,4,6,8,10,12,14,16H2/t29-,30+,31-,32+,33+,34-,35+,36-. The van der Waals surface area contributed by atoms with E-state index in [1.807, 2.05) is 0 Å². The van der Waals surface area contributed by atoms with Crippen LogP contribution in [0.25, 0.3) is 54.2 Å². The maximum Gasteiger partial charge on any atom is 0.138 e. The molecular weight excluding hydrogens is 753 g/mol. The number of rotatable bonds is 0. The average Bonchev–Trinajstić information content (AvgIpc) is 3.34. The van der Waals surface area contributed by atoms with E-state index >= 15 is 0 Å².